The standard InChI is InChI=1S/C19H23N7/c1-24(16-4-7-20-17(23-16)14-2-3-14)15-5-10-25(11-6-15)18-19-22-9-13-26(19)12-8-21-18/h4,7-9,12-15H,2-3,5-6,10-11H2,1H3. The largest absolute Gasteiger partial charge is 0.356 e. The van der Waals surface area contributed by atoms with Crippen LogP contribution in [0.1, 0.15) is 37.4 Å². The van der Waals surface area contributed by atoms with Gasteiger partial charge in [-0.1, -0.05) is 0 Å². The Labute approximate surface area is 152 Å². The number of rotatable bonds is 4. The molecule has 4 heterocycles. The molecule has 7 nitrogen and oxygen atoms in total. The summed E-state index contributed by atoms with van der Waals surface area (Å²) in [4.78, 5) is 23.0. The molecule has 1 aliphatic heterocycles. The van der Waals surface area contributed by atoms with Crippen molar-refractivity contribution in [2.45, 2.75) is 37.6 Å². The maximum absolute atomic E-state index is 4.80. The van der Waals surface area contributed by atoms with Crippen LogP contribution in [-0.2, 0) is 0 Å². The van der Waals surface area contributed by atoms with Gasteiger partial charge in [0.1, 0.15) is 11.6 Å². The van der Waals surface area contributed by atoms with Gasteiger partial charge in [0.2, 0.25) is 0 Å². The minimum Gasteiger partial charge on any atom is -0.356 e. The minimum atomic E-state index is 0.493. The minimum absolute atomic E-state index is 0.493. The summed E-state index contributed by atoms with van der Waals surface area (Å²) in [5, 5.41) is 0. The van der Waals surface area contributed by atoms with Gasteiger partial charge < -0.3 is 14.2 Å². The summed E-state index contributed by atoms with van der Waals surface area (Å²) in [5.74, 6) is 3.64. The van der Waals surface area contributed by atoms with E-state index in [1.807, 2.05) is 41.5 Å². The lowest BCUT2D eigenvalue weighted by Crippen LogP contribution is -2.44. The second-order valence-corrected chi connectivity index (χ2v) is 7.29. The van der Waals surface area contributed by atoms with Crippen LogP contribution >= 0.6 is 0 Å². The highest BCUT2D eigenvalue weighted by atomic mass is 15.3. The number of anilines is 2. The van der Waals surface area contributed by atoms with E-state index in [-0.39, 0.29) is 0 Å². The molecule has 0 amide bonds. The molecule has 0 aromatic carbocycles. The normalized spacial score (nSPS) is 18.4. The number of hydrogen-bond donors (Lipinski definition) is 0. The zero-order valence-corrected chi connectivity index (χ0v) is 15.0. The van der Waals surface area contributed by atoms with Gasteiger partial charge in [-0.2, -0.15) is 0 Å². The highest BCUT2D eigenvalue weighted by Gasteiger charge is 2.29. The zero-order valence-electron chi connectivity index (χ0n) is 15.0. The topological polar surface area (TPSA) is 62.5 Å². The van der Waals surface area contributed by atoms with E-state index in [1.165, 1.54) is 12.8 Å². The fraction of sp³-hybridized carbons (Fsp3) is 0.474. The van der Waals surface area contributed by atoms with Crippen molar-refractivity contribution in [3.8, 4) is 0 Å². The summed E-state index contributed by atoms with van der Waals surface area (Å²) in [5.41, 5.74) is 0.934. The van der Waals surface area contributed by atoms with Gasteiger partial charge in [-0.25, -0.2) is 19.9 Å². The number of fused-ring (bicyclic) bond motifs is 1. The molecule has 0 N–H and O–H groups in total. The molecule has 1 aliphatic carbocycles. The van der Waals surface area contributed by atoms with E-state index in [4.69, 9.17) is 4.98 Å². The molecule has 2 aliphatic rings. The Balaban J connectivity index is 1.29. The van der Waals surface area contributed by atoms with Crippen molar-refractivity contribution in [3.05, 3.63) is 42.9 Å². The molecule has 1 saturated carbocycles. The Morgan fingerprint density at radius 3 is 2.50 bits per heavy atom. The van der Waals surface area contributed by atoms with E-state index in [0.29, 0.717) is 12.0 Å². The van der Waals surface area contributed by atoms with Crippen LogP contribution < -0.4 is 9.80 Å². The highest BCUT2D eigenvalue weighted by molar-refractivity contribution is 5.64. The van der Waals surface area contributed by atoms with Crippen LogP contribution in [0, 0.1) is 0 Å². The Morgan fingerprint density at radius 2 is 1.73 bits per heavy atom. The van der Waals surface area contributed by atoms with Crippen LogP contribution in [0.25, 0.3) is 5.65 Å². The molecule has 5 rings (SSSR count). The first-order valence-electron chi connectivity index (χ1n) is 9.38. The third-order valence-corrected chi connectivity index (χ3v) is 5.57. The van der Waals surface area contributed by atoms with Crippen LogP contribution in [0.15, 0.2) is 37.1 Å². The predicted molar refractivity (Wildman–Crippen MR) is 101 cm³/mol. The number of nitrogens with zero attached hydrogens (tertiary/aromatic N) is 7. The van der Waals surface area contributed by atoms with E-state index >= 15 is 0 Å². The molecule has 0 unspecified atom stereocenters. The second kappa shape index (κ2) is 6.23. The summed E-state index contributed by atoms with van der Waals surface area (Å²) >= 11 is 0. The monoisotopic (exact) mass is 349 g/mol. The van der Waals surface area contributed by atoms with Gasteiger partial charge in [0, 0.05) is 63.1 Å². The first-order valence-corrected chi connectivity index (χ1v) is 9.38. The molecule has 0 atom stereocenters. The van der Waals surface area contributed by atoms with E-state index < -0.39 is 0 Å². The summed E-state index contributed by atoms with van der Waals surface area (Å²) in [6, 6.07) is 2.53. The van der Waals surface area contributed by atoms with Crippen LogP contribution in [0.2, 0.25) is 0 Å². The lowest BCUT2D eigenvalue weighted by atomic mass is 10.0. The van der Waals surface area contributed by atoms with E-state index in [0.717, 1.165) is 49.0 Å². The fourth-order valence-corrected chi connectivity index (χ4v) is 3.81. The number of aromatic nitrogens is 5. The van der Waals surface area contributed by atoms with Gasteiger partial charge in [0.25, 0.3) is 0 Å². The summed E-state index contributed by atoms with van der Waals surface area (Å²) in [6.45, 7) is 1.96. The first-order chi connectivity index (χ1) is 12.8. The lowest BCUT2D eigenvalue weighted by molar-refractivity contribution is 0.478. The smallest absolute Gasteiger partial charge is 0.180 e. The maximum Gasteiger partial charge on any atom is 0.180 e. The van der Waals surface area contributed by atoms with Crippen LogP contribution in [0.4, 0.5) is 11.6 Å². The molecular weight excluding hydrogens is 326 g/mol. The number of hydrogen-bond acceptors (Lipinski definition) is 6. The van der Waals surface area contributed by atoms with Crippen molar-refractivity contribution in [3.63, 3.8) is 0 Å². The van der Waals surface area contributed by atoms with Crippen molar-refractivity contribution in [1.82, 2.24) is 24.3 Å². The van der Waals surface area contributed by atoms with E-state index in [9.17, 15) is 0 Å². The molecule has 2 fully saturated rings. The lowest BCUT2D eigenvalue weighted by Gasteiger charge is -2.37. The molecule has 0 spiro atoms. The summed E-state index contributed by atoms with van der Waals surface area (Å²) in [7, 11) is 2.16. The maximum atomic E-state index is 4.80. The average molecular weight is 349 g/mol. The van der Waals surface area contributed by atoms with Gasteiger partial charge in [0.05, 0.1) is 0 Å². The Hall–Kier alpha value is -2.70. The van der Waals surface area contributed by atoms with Gasteiger partial charge in [-0.05, 0) is 31.7 Å². The SMILES string of the molecule is CN(c1ccnc(C2CC2)n1)C1CCN(c2nccn3ccnc23)CC1. The van der Waals surface area contributed by atoms with Gasteiger partial charge in [-0.15, -0.1) is 0 Å². The quantitative estimate of drug-likeness (QED) is 0.721. The van der Waals surface area contributed by atoms with Crippen molar-refractivity contribution >= 4 is 17.3 Å². The van der Waals surface area contributed by atoms with Crippen molar-refractivity contribution in [2.24, 2.45) is 0 Å². The first kappa shape index (κ1) is 15.5. The highest BCUT2D eigenvalue weighted by Crippen LogP contribution is 2.38. The van der Waals surface area contributed by atoms with Crippen molar-refractivity contribution in [1.29, 1.82) is 0 Å². The molecule has 0 radical (unpaired) electrons. The van der Waals surface area contributed by atoms with Crippen LogP contribution in [0.3, 0.4) is 0 Å². The molecule has 134 valence electrons. The molecule has 3 aromatic heterocycles. The molecule has 1 saturated heterocycles. The molecule has 26 heavy (non-hydrogen) atoms. The van der Waals surface area contributed by atoms with Crippen LogP contribution in [-0.4, -0.2) is 50.5 Å². The average Bonchev–Trinajstić information content (AvgIpc) is 3.44. The third-order valence-electron chi connectivity index (χ3n) is 5.57. The Kier molecular flexibility index (Phi) is 3.72. The predicted octanol–water partition coefficient (Wildman–Crippen LogP) is 2.50. The van der Waals surface area contributed by atoms with E-state index in [1.54, 1.807) is 0 Å². The molecule has 0 bridgehead atoms. The van der Waals surface area contributed by atoms with Crippen molar-refractivity contribution < 1.29 is 0 Å². The number of imidazole rings is 1. The van der Waals surface area contributed by atoms with Gasteiger partial charge in [0.15, 0.2) is 11.5 Å². The molecule has 3 aromatic rings. The number of piperidine rings is 1. The van der Waals surface area contributed by atoms with Gasteiger partial charge >= 0.3 is 0 Å². The summed E-state index contributed by atoms with van der Waals surface area (Å²) < 4.78 is 2.03. The van der Waals surface area contributed by atoms with Gasteiger partial charge in [-0.3, -0.25) is 0 Å². The fourth-order valence-electron chi connectivity index (χ4n) is 3.81. The molecule has 7 heteroatoms. The second-order valence-electron chi connectivity index (χ2n) is 7.29. The molecular formula is C19H23N7. The van der Waals surface area contributed by atoms with Crippen molar-refractivity contribution in [2.75, 3.05) is 29.9 Å². The Bertz CT molecular complexity index is 909. The van der Waals surface area contributed by atoms with E-state index in [2.05, 4.69) is 31.8 Å². The third kappa shape index (κ3) is 2.77. The zero-order chi connectivity index (χ0) is 17.5. The van der Waals surface area contributed by atoms with Crippen LogP contribution in [0.5, 0.6) is 0 Å². The summed E-state index contributed by atoms with van der Waals surface area (Å²) in [6.07, 6.45) is 14.1. The Morgan fingerprint density at radius 1 is 0.962 bits per heavy atom.